The summed E-state index contributed by atoms with van der Waals surface area (Å²) in [5, 5.41) is 8.60. The standard InChI is InChI=1S/C29H25N3O4S/c33-27(21-10-3-1-4-11-21)30-22-12-9-13-23(20-22)31-29(37)32-28(34)25-16-7-8-17-26(25)36-19-18-35-24-14-5-2-6-15-24/h1-17,20H,18-19H2,(H,30,33)(H2,31,32,34,37). The number of para-hydroxylation sites is 2. The summed E-state index contributed by atoms with van der Waals surface area (Å²) in [5.41, 5.74) is 2.09. The molecule has 186 valence electrons. The lowest BCUT2D eigenvalue weighted by molar-refractivity contribution is 0.0971. The molecule has 0 aliphatic carbocycles. The van der Waals surface area contributed by atoms with Crippen molar-refractivity contribution in [2.75, 3.05) is 23.8 Å². The summed E-state index contributed by atoms with van der Waals surface area (Å²) in [7, 11) is 0. The molecule has 0 aliphatic rings. The third kappa shape index (κ3) is 7.65. The SMILES string of the molecule is O=C(Nc1cccc(NC(=S)NC(=O)c2ccccc2OCCOc2ccccc2)c1)c1ccccc1. The highest BCUT2D eigenvalue weighted by Crippen LogP contribution is 2.19. The summed E-state index contributed by atoms with van der Waals surface area (Å²) in [6.07, 6.45) is 0. The van der Waals surface area contributed by atoms with Crippen molar-refractivity contribution in [3.8, 4) is 11.5 Å². The molecule has 4 aromatic rings. The molecule has 0 saturated heterocycles. The highest BCUT2D eigenvalue weighted by Gasteiger charge is 2.14. The van der Waals surface area contributed by atoms with Crippen LogP contribution in [0, 0.1) is 0 Å². The van der Waals surface area contributed by atoms with Gasteiger partial charge in [0.05, 0.1) is 5.56 Å². The Balaban J connectivity index is 1.30. The first kappa shape index (κ1) is 25.4. The van der Waals surface area contributed by atoms with E-state index in [1.807, 2.05) is 36.4 Å². The lowest BCUT2D eigenvalue weighted by Gasteiger charge is -2.14. The molecule has 0 radical (unpaired) electrons. The van der Waals surface area contributed by atoms with Gasteiger partial charge in [0, 0.05) is 16.9 Å². The van der Waals surface area contributed by atoms with Crippen LogP contribution >= 0.6 is 12.2 Å². The fraction of sp³-hybridized carbons (Fsp3) is 0.0690. The predicted octanol–water partition coefficient (Wildman–Crippen LogP) is 5.52. The maximum Gasteiger partial charge on any atom is 0.261 e. The van der Waals surface area contributed by atoms with E-state index in [1.54, 1.807) is 72.8 Å². The average Bonchev–Trinajstić information content (AvgIpc) is 2.92. The van der Waals surface area contributed by atoms with Gasteiger partial charge in [0.15, 0.2) is 5.11 Å². The second-order valence-electron chi connectivity index (χ2n) is 7.82. The fourth-order valence-corrected chi connectivity index (χ4v) is 3.62. The number of amides is 2. The molecule has 0 heterocycles. The Morgan fingerprint density at radius 2 is 1.27 bits per heavy atom. The average molecular weight is 512 g/mol. The van der Waals surface area contributed by atoms with Gasteiger partial charge in [-0.15, -0.1) is 0 Å². The monoisotopic (exact) mass is 511 g/mol. The van der Waals surface area contributed by atoms with Crippen molar-refractivity contribution in [2.45, 2.75) is 0 Å². The van der Waals surface area contributed by atoms with Crippen LogP contribution in [-0.4, -0.2) is 30.1 Å². The minimum absolute atomic E-state index is 0.110. The Bertz CT molecular complexity index is 1360. The summed E-state index contributed by atoms with van der Waals surface area (Å²) in [5.74, 6) is 0.535. The minimum Gasteiger partial charge on any atom is -0.490 e. The van der Waals surface area contributed by atoms with E-state index in [-0.39, 0.29) is 17.6 Å². The summed E-state index contributed by atoms with van der Waals surface area (Å²) < 4.78 is 11.4. The molecular formula is C29H25N3O4S. The minimum atomic E-state index is -0.411. The van der Waals surface area contributed by atoms with Crippen LogP contribution in [0.5, 0.6) is 11.5 Å². The van der Waals surface area contributed by atoms with Crippen LogP contribution in [0.2, 0.25) is 0 Å². The molecule has 4 rings (SSSR count). The molecule has 0 aromatic heterocycles. The van der Waals surface area contributed by atoms with Gasteiger partial charge in [-0.1, -0.05) is 54.6 Å². The number of rotatable bonds is 9. The zero-order chi connectivity index (χ0) is 25.9. The molecular weight excluding hydrogens is 486 g/mol. The van der Waals surface area contributed by atoms with Crippen LogP contribution < -0.4 is 25.4 Å². The van der Waals surface area contributed by atoms with Gasteiger partial charge < -0.3 is 20.1 Å². The summed E-state index contributed by atoms with van der Waals surface area (Å²) in [6, 6.07) is 32.3. The van der Waals surface area contributed by atoms with Gasteiger partial charge >= 0.3 is 0 Å². The largest absolute Gasteiger partial charge is 0.490 e. The predicted molar refractivity (Wildman–Crippen MR) is 148 cm³/mol. The van der Waals surface area contributed by atoms with Crippen molar-refractivity contribution in [2.24, 2.45) is 0 Å². The highest BCUT2D eigenvalue weighted by molar-refractivity contribution is 7.80. The van der Waals surface area contributed by atoms with Crippen LogP contribution in [0.3, 0.4) is 0 Å². The zero-order valence-electron chi connectivity index (χ0n) is 19.8. The second-order valence-corrected chi connectivity index (χ2v) is 8.22. The third-order valence-corrected chi connectivity index (χ3v) is 5.33. The molecule has 8 heteroatoms. The highest BCUT2D eigenvalue weighted by atomic mass is 32.1. The van der Waals surface area contributed by atoms with E-state index in [0.717, 1.165) is 5.75 Å². The second kappa shape index (κ2) is 12.9. The maximum atomic E-state index is 12.9. The van der Waals surface area contributed by atoms with Gasteiger partial charge in [0.1, 0.15) is 24.7 Å². The molecule has 0 fully saturated rings. The van der Waals surface area contributed by atoms with Gasteiger partial charge in [-0.05, 0) is 66.8 Å². The first-order chi connectivity index (χ1) is 18.1. The number of ether oxygens (including phenoxy) is 2. The zero-order valence-corrected chi connectivity index (χ0v) is 20.7. The first-order valence-electron chi connectivity index (χ1n) is 11.6. The van der Waals surface area contributed by atoms with Gasteiger partial charge in [0.25, 0.3) is 11.8 Å². The number of anilines is 2. The molecule has 3 N–H and O–H groups in total. The topological polar surface area (TPSA) is 88.7 Å². The molecule has 0 spiro atoms. The number of benzene rings is 4. The van der Waals surface area contributed by atoms with Crippen LogP contribution in [0.4, 0.5) is 11.4 Å². The number of nitrogens with one attached hydrogen (secondary N) is 3. The van der Waals surface area contributed by atoms with Gasteiger partial charge in [-0.25, -0.2) is 0 Å². The molecule has 0 aliphatic heterocycles. The van der Waals surface area contributed by atoms with E-state index in [9.17, 15) is 9.59 Å². The van der Waals surface area contributed by atoms with E-state index < -0.39 is 5.91 Å². The lowest BCUT2D eigenvalue weighted by Crippen LogP contribution is -2.34. The van der Waals surface area contributed by atoms with E-state index in [2.05, 4.69) is 16.0 Å². The Morgan fingerprint density at radius 1 is 0.649 bits per heavy atom. The van der Waals surface area contributed by atoms with Crippen molar-refractivity contribution in [3.63, 3.8) is 0 Å². The molecule has 4 aromatic carbocycles. The normalized spacial score (nSPS) is 10.2. The van der Waals surface area contributed by atoms with Crippen molar-refractivity contribution in [3.05, 3.63) is 120 Å². The van der Waals surface area contributed by atoms with Crippen LogP contribution in [0.15, 0.2) is 109 Å². The molecule has 37 heavy (non-hydrogen) atoms. The number of thiocarbonyl (C=S) groups is 1. The Labute approximate surface area is 220 Å². The van der Waals surface area contributed by atoms with E-state index in [1.165, 1.54) is 0 Å². The Kier molecular flexibility index (Phi) is 8.82. The number of hydrogen-bond acceptors (Lipinski definition) is 5. The van der Waals surface area contributed by atoms with E-state index in [0.29, 0.717) is 34.9 Å². The number of carbonyl (C=O) groups is 2. The van der Waals surface area contributed by atoms with Crippen LogP contribution in [-0.2, 0) is 0 Å². The Morgan fingerprint density at radius 3 is 2.03 bits per heavy atom. The molecule has 0 unspecified atom stereocenters. The van der Waals surface area contributed by atoms with Gasteiger partial charge in [-0.3, -0.25) is 14.9 Å². The van der Waals surface area contributed by atoms with E-state index in [4.69, 9.17) is 21.7 Å². The first-order valence-corrected chi connectivity index (χ1v) is 12.0. The number of carbonyl (C=O) groups excluding carboxylic acids is 2. The molecule has 0 saturated carbocycles. The smallest absolute Gasteiger partial charge is 0.261 e. The van der Waals surface area contributed by atoms with Crippen LogP contribution in [0.25, 0.3) is 0 Å². The summed E-state index contributed by atoms with van der Waals surface area (Å²) >= 11 is 5.33. The van der Waals surface area contributed by atoms with E-state index >= 15 is 0 Å². The molecule has 7 nitrogen and oxygen atoms in total. The maximum absolute atomic E-state index is 12.9. The van der Waals surface area contributed by atoms with Gasteiger partial charge in [0.2, 0.25) is 0 Å². The third-order valence-electron chi connectivity index (χ3n) is 5.13. The Hall–Kier alpha value is -4.69. The van der Waals surface area contributed by atoms with Crippen molar-refractivity contribution in [1.29, 1.82) is 0 Å². The van der Waals surface area contributed by atoms with Crippen molar-refractivity contribution >= 4 is 40.5 Å². The molecule has 2 amide bonds. The quantitative estimate of drug-likeness (QED) is 0.202. The fourth-order valence-electron chi connectivity index (χ4n) is 3.41. The van der Waals surface area contributed by atoms with Gasteiger partial charge in [-0.2, -0.15) is 0 Å². The van der Waals surface area contributed by atoms with Crippen molar-refractivity contribution in [1.82, 2.24) is 5.32 Å². The summed E-state index contributed by atoms with van der Waals surface area (Å²) in [4.78, 5) is 25.3. The number of hydrogen-bond donors (Lipinski definition) is 3. The van der Waals surface area contributed by atoms with Crippen molar-refractivity contribution < 1.29 is 19.1 Å². The summed E-state index contributed by atoms with van der Waals surface area (Å²) in [6.45, 7) is 0.598. The molecule has 0 atom stereocenters. The van der Waals surface area contributed by atoms with Crippen LogP contribution in [0.1, 0.15) is 20.7 Å². The molecule has 0 bridgehead atoms. The lowest BCUT2D eigenvalue weighted by atomic mass is 10.2.